The molecular weight excluding hydrogens is 274 g/mol. The van der Waals surface area contributed by atoms with E-state index in [0.717, 1.165) is 12.8 Å². The number of benzene rings is 1. The van der Waals surface area contributed by atoms with Crippen molar-refractivity contribution >= 4 is 9.84 Å². The van der Waals surface area contributed by atoms with Crippen molar-refractivity contribution in [3.8, 4) is 5.75 Å². The molecule has 4 nitrogen and oxygen atoms in total. The van der Waals surface area contributed by atoms with E-state index in [0.29, 0.717) is 17.1 Å². The lowest BCUT2D eigenvalue weighted by molar-refractivity contribution is 0.204. The highest BCUT2D eigenvalue weighted by atomic mass is 32.2. The average molecular weight is 297 g/mol. The smallest absolute Gasteiger partial charge is 0.182 e. The monoisotopic (exact) mass is 297 g/mol. The van der Waals surface area contributed by atoms with E-state index in [4.69, 9.17) is 10.5 Å². The molecular formula is C15H23NO3S. The lowest BCUT2D eigenvalue weighted by Gasteiger charge is -2.41. The van der Waals surface area contributed by atoms with Crippen molar-refractivity contribution in [3.63, 3.8) is 0 Å². The summed E-state index contributed by atoms with van der Waals surface area (Å²) >= 11 is 0. The Balaban J connectivity index is 2.39. The molecule has 0 aliphatic heterocycles. The fourth-order valence-corrected chi connectivity index (χ4v) is 5.04. The number of rotatable bonds is 3. The topological polar surface area (TPSA) is 69.4 Å². The van der Waals surface area contributed by atoms with Crippen LogP contribution in [0.4, 0.5) is 0 Å². The number of nitrogens with two attached hydrogens (primary N) is 1. The molecule has 1 aromatic carbocycles. The van der Waals surface area contributed by atoms with Gasteiger partial charge in [-0.3, -0.25) is 0 Å². The van der Waals surface area contributed by atoms with Gasteiger partial charge in [-0.25, -0.2) is 8.42 Å². The zero-order chi connectivity index (χ0) is 15.0. The minimum Gasteiger partial charge on any atom is -0.497 e. The van der Waals surface area contributed by atoms with Gasteiger partial charge in [-0.2, -0.15) is 0 Å². The van der Waals surface area contributed by atoms with Crippen LogP contribution in [0, 0.1) is 5.41 Å². The van der Waals surface area contributed by atoms with E-state index < -0.39 is 15.1 Å². The minimum atomic E-state index is -3.42. The van der Waals surface area contributed by atoms with E-state index >= 15 is 0 Å². The van der Waals surface area contributed by atoms with Gasteiger partial charge in [0.05, 0.1) is 17.3 Å². The number of hydrogen-bond acceptors (Lipinski definition) is 4. The molecule has 2 rings (SSSR count). The first kappa shape index (κ1) is 15.3. The predicted octanol–water partition coefficient (Wildman–Crippen LogP) is 2.37. The van der Waals surface area contributed by atoms with Crippen LogP contribution in [0.25, 0.3) is 0 Å². The van der Waals surface area contributed by atoms with Gasteiger partial charge in [0.25, 0.3) is 0 Å². The van der Waals surface area contributed by atoms with Crippen molar-refractivity contribution in [2.75, 3.05) is 7.11 Å². The van der Waals surface area contributed by atoms with Crippen molar-refractivity contribution in [3.05, 3.63) is 24.3 Å². The summed E-state index contributed by atoms with van der Waals surface area (Å²) in [5.74, 6) is 0.551. The van der Waals surface area contributed by atoms with Crippen LogP contribution in [0.5, 0.6) is 5.75 Å². The van der Waals surface area contributed by atoms with Crippen LogP contribution < -0.4 is 10.5 Å². The summed E-state index contributed by atoms with van der Waals surface area (Å²) in [6, 6.07) is 6.29. The van der Waals surface area contributed by atoms with Crippen molar-refractivity contribution in [2.24, 2.45) is 11.1 Å². The van der Waals surface area contributed by atoms with Gasteiger partial charge in [-0.15, -0.1) is 0 Å². The number of sulfone groups is 1. The van der Waals surface area contributed by atoms with Crippen LogP contribution >= 0.6 is 0 Å². The van der Waals surface area contributed by atoms with Crippen LogP contribution in [0.1, 0.15) is 33.1 Å². The molecule has 1 aromatic rings. The normalized spacial score (nSPS) is 26.2. The number of methoxy groups -OCH3 is 1. The van der Waals surface area contributed by atoms with E-state index in [1.165, 1.54) is 7.11 Å². The van der Waals surface area contributed by atoms with E-state index in [2.05, 4.69) is 0 Å². The first-order chi connectivity index (χ1) is 9.29. The molecule has 1 fully saturated rings. The summed E-state index contributed by atoms with van der Waals surface area (Å²) in [5, 5.41) is -0.515. The second-order valence-corrected chi connectivity index (χ2v) is 8.34. The fourth-order valence-electron chi connectivity index (χ4n) is 2.91. The highest BCUT2D eigenvalue weighted by molar-refractivity contribution is 7.92. The Morgan fingerprint density at radius 3 is 2.70 bits per heavy atom. The van der Waals surface area contributed by atoms with Gasteiger partial charge in [0.1, 0.15) is 5.75 Å². The Bertz CT molecular complexity index is 581. The zero-order valence-electron chi connectivity index (χ0n) is 12.3. The Morgan fingerprint density at radius 2 is 2.05 bits per heavy atom. The molecule has 0 aromatic heterocycles. The van der Waals surface area contributed by atoms with Crippen molar-refractivity contribution < 1.29 is 13.2 Å². The lowest BCUT2D eigenvalue weighted by Crippen LogP contribution is -2.52. The molecule has 2 N–H and O–H groups in total. The molecule has 2 atom stereocenters. The van der Waals surface area contributed by atoms with Gasteiger partial charge >= 0.3 is 0 Å². The van der Waals surface area contributed by atoms with Crippen LogP contribution in [-0.4, -0.2) is 26.8 Å². The SMILES string of the molecule is COc1cccc(S(=O)(=O)C2CCCC(C)(C)C2N)c1. The molecule has 0 spiro atoms. The lowest BCUT2D eigenvalue weighted by atomic mass is 9.73. The molecule has 1 aliphatic rings. The average Bonchev–Trinajstić information content (AvgIpc) is 2.41. The second-order valence-electron chi connectivity index (χ2n) is 6.17. The molecule has 0 saturated heterocycles. The molecule has 1 aliphatic carbocycles. The maximum atomic E-state index is 12.8. The summed E-state index contributed by atoms with van der Waals surface area (Å²) in [7, 11) is -1.89. The van der Waals surface area contributed by atoms with E-state index in [-0.39, 0.29) is 11.5 Å². The van der Waals surface area contributed by atoms with E-state index in [9.17, 15) is 8.42 Å². The summed E-state index contributed by atoms with van der Waals surface area (Å²) < 4.78 is 30.7. The summed E-state index contributed by atoms with van der Waals surface area (Å²) in [4.78, 5) is 0.301. The first-order valence-corrected chi connectivity index (χ1v) is 8.47. The molecule has 0 radical (unpaired) electrons. The van der Waals surface area contributed by atoms with E-state index in [1.807, 2.05) is 13.8 Å². The van der Waals surface area contributed by atoms with Gasteiger partial charge in [-0.1, -0.05) is 26.3 Å². The highest BCUT2D eigenvalue weighted by Gasteiger charge is 2.43. The quantitative estimate of drug-likeness (QED) is 0.930. The molecule has 20 heavy (non-hydrogen) atoms. The highest BCUT2D eigenvalue weighted by Crippen LogP contribution is 2.39. The van der Waals surface area contributed by atoms with Gasteiger partial charge in [0.15, 0.2) is 9.84 Å². The molecule has 0 bridgehead atoms. The van der Waals surface area contributed by atoms with Gasteiger partial charge in [-0.05, 0) is 36.5 Å². The molecule has 0 heterocycles. The van der Waals surface area contributed by atoms with Crippen LogP contribution in [0.3, 0.4) is 0 Å². The molecule has 5 heteroatoms. The Labute approximate surface area is 121 Å². The van der Waals surface area contributed by atoms with Gasteiger partial charge in [0, 0.05) is 6.04 Å². The first-order valence-electron chi connectivity index (χ1n) is 6.92. The fraction of sp³-hybridized carbons (Fsp3) is 0.600. The van der Waals surface area contributed by atoms with E-state index in [1.54, 1.807) is 24.3 Å². The van der Waals surface area contributed by atoms with Crippen LogP contribution in [0.2, 0.25) is 0 Å². The third-order valence-electron chi connectivity index (χ3n) is 4.38. The maximum Gasteiger partial charge on any atom is 0.182 e. The molecule has 112 valence electrons. The van der Waals surface area contributed by atoms with Crippen molar-refractivity contribution in [1.29, 1.82) is 0 Å². The number of ether oxygens (including phenoxy) is 1. The largest absolute Gasteiger partial charge is 0.497 e. The van der Waals surface area contributed by atoms with Gasteiger partial charge in [0.2, 0.25) is 0 Å². The standard InChI is InChI=1S/C15H23NO3S/c1-15(2)9-5-8-13(14(15)16)20(17,18)12-7-4-6-11(10-12)19-3/h4,6-7,10,13-14H,5,8-9,16H2,1-3H3. The zero-order valence-corrected chi connectivity index (χ0v) is 13.1. The summed E-state index contributed by atoms with van der Waals surface area (Å²) in [5.41, 5.74) is 6.10. The third kappa shape index (κ3) is 2.69. The Morgan fingerprint density at radius 1 is 1.35 bits per heavy atom. The Kier molecular flexibility index (Phi) is 4.12. The summed E-state index contributed by atoms with van der Waals surface area (Å²) in [6.07, 6.45) is 2.50. The third-order valence-corrected chi connectivity index (χ3v) is 6.62. The predicted molar refractivity (Wildman–Crippen MR) is 79.6 cm³/mol. The van der Waals surface area contributed by atoms with Crippen LogP contribution in [0.15, 0.2) is 29.2 Å². The second kappa shape index (κ2) is 5.37. The van der Waals surface area contributed by atoms with Gasteiger partial charge < -0.3 is 10.5 Å². The molecule has 0 amide bonds. The van der Waals surface area contributed by atoms with Crippen LogP contribution in [-0.2, 0) is 9.84 Å². The van der Waals surface area contributed by atoms with Crippen molar-refractivity contribution in [1.82, 2.24) is 0 Å². The maximum absolute atomic E-state index is 12.8. The molecule has 2 unspecified atom stereocenters. The summed E-state index contributed by atoms with van der Waals surface area (Å²) in [6.45, 7) is 4.09. The molecule has 1 saturated carbocycles. The number of hydrogen-bond donors (Lipinski definition) is 1. The van der Waals surface area contributed by atoms with Crippen molar-refractivity contribution in [2.45, 2.75) is 49.3 Å². The Hall–Kier alpha value is -1.07. The minimum absolute atomic E-state index is 0.144.